The van der Waals surface area contributed by atoms with Gasteiger partial charge in [0.1, 0.15) is 23.4 Å². The fourth-order valence-corrected chi connectivity index (χ4v) is 4.34. The van der Waals surface area contributed by atoms with Crippen LogP contribution in [0.25, 0.3) is 0 Å². The van der Waals surface area contributed by atoms with Crippen molar-refractivity contribution in [2.24, 2.45) is 11.8 Å². The molecule has 2 fully saturated rings. The number of nitrogens with zero attached hydrogens (tertiary/aromatic N) is 2. The van der Waals surface area contributed by atoms with E-state index in [1.54, 1.807) is 29.2 Å². The summed E-state index contributed by atoms with van der Waals surface area (Å²) in [5, 5.41) is 10.6. The molecule has 2 aliphatic rings. The average Bonchev–Trinajstić information content (AvgIpc) is 3.16. The van der Waals surface area contributed by atoms with Crippen molar-refractivity contribution in [3.05, 3.63) is 59.7 Å². The largest absolute Gasteiger partial charge is 0.488 e. The summed E-state index contributed by atoms with van der Waals surface area (Å²) < 4.78 is 23.8. The topological polar surface area (TPSA) is 89.0 Å². The summed E-state index contributed by atoms with van der Waals surface area (Å²) in [6.45, 7) is 1.07. The van der Waals surface area contributed by atoms with Gasteiger partial charge in [-0.3, -0.25) is 4.79 Å². The minimum Gasteiger partial charge on any atom is -0.488 e. The summed E-state index contributed by atoms with van der Waals surface area (Å²) >= 11 is 0. The van der Waals surface area contributed by atoms with Crippen LogP contribution in [0.1, 0.15) is 33.7 Å². The number of aliphatic hydroxyl groups excluding tert-OH is 1. The minimum atomic E-state index is -0.674. The van der Waals surface area contributed by atoms with E-state index in [2.05, 4.69) is 4.98 Å². The first-order valence-corrected chi connectivity index (χ1v) is 9.88. The van der Waals surface area contributed by atoms with Gasteiger partial charge in [0.15, 0.2) is 0 Å². The Hall–Kier alpha value is -3.00. The number of esters is 1. The zero-order valence-electron chi connectivity index (χ0n) is 16.5. The van der Waals surface area contributed by atoms with E-state index >= 15 is 0 Å². The van der Waals surface area contributed by atoms with Crippen LogP contribution in [-0.2, 0) is 4.74 Å². The third-order valence-electron chi connectivity index (χ3n) is 5.86. The van der Waals surface area contributed by atoms with Crippen molar-refractivity contribution in [3.63, 3.8) is 0 Å². The van der Waals surface area contributed by atoms with Crippen LogP contribution in [-0.4, -0.2) is 59.3 Å². The molecule has 0 unspecified atom stereocenters. The van der Waals surface area contributed by atoms with Gasteiger partial charge in [0, 0.05) is 13.1 Å². The van der Waals surface area contributed by atoms with Crippen LogP contribution in [0.4, 0.5) is 4.39 Å². The molecule has 4 rings (SSSR count). The molecule has 1 aromatic heterocycles. The Morgan fingerprint density at radius 3 is 2.63 bits per heavy atom. The van der Waals surface area contributed by atoms with Gasteiger partial charge >= 0.3 is 5.97 Å². The molecule has 7 nitrogen and oxygen atoms in total. The predicted octanol–water partition coefficient (Wildman–Crippen LogP) is 2.30. The second-order valence-electron chi connectivity index (χ2n) is 7.81. The molecule has 0 spiro atoms. The Balaban J connectivity index is 1.42. The van der Waals surface area contributed by atoms with Crippen molar-refractivity contribution in [3.8, 4) is 5.75 Å². The first-order chi connectivity index (χ1) is 14.4. The number of pyridine rings is 1. The zero-order valence-corrected chi connectivity index (χ0v) is 16.5. The number of ether oxygens (including phenoxy) is 2. The first kappa shape index (κ1) is 20.3. The summed E-state index contributed by atoms with van der Waals surface area (Å²) in [5.74, 6) is -0.328. The SMILES string of the molecule is COC(=O)c1cccc(O[C@@H]2C[C@@H]3CN(C(=O)c4ccc(F)cn4)C[C@@H]3C[C@H]2O)c1. The van der Waals surface area contributed by atoms with Crippen LogP contribution in [0.2, 0.25) is 0 Å². The van der Waals surface area contributed by atoms with Gasteiger partial charge in [-0.25, -0.2) is 14.2 Å². The number of benzene rings is 1. The number of aromatic nitrogens is 1. The molecule has 0 radical (unpaired) electrons. The molecule has 1 N–H and O–H groups in total. The van der Waals surface area contributed by atoms with Crippen molar-refractivity contribution in [1.82, 2.24) is 9.88 Å². The molecule has 1 amide bonds. The molecule has 2 heterocycles. The van der Waals surface area contributed by atoms with Gasteiger partial charge in [0.25, 0.3) is 5.91 Å². The van der Waals surface area contributed by atoms with Crippen LogP contribution >= 0.6 is 0 Å². The predicted molar refractivity (Wildman–Crippen MR) is 105 cm³/mol. The highest BCUT2D eigenvalue weighted by Crippen LogP contribution is 2.38. The third kappa shape index (κ3) is 4.14. The van der Waals surface area contributed by atoms with E-state index in [9.17, 15) is 19.1 Å². The highest BCUT2D eigenvalue weighted by Gasteiger charge is 2.44. The lowest BCUT2D eigenvalue weighted by molar-refractivity contribution is -0.0231. The van der Waals surface area contributed by atoms with E-state index in [0.29, 0.717) is 37.2 Å². The van der Waals surface area contributed by atoms with Gasteiger partial charge in [0.2, 0.25) is 0 Å². The van der Waals surface area contributed by atoms with Crippen LogP contribution in [0, 0.1) is 17.7 Å². The van der Waals surface area contributed by atoms with E-state index < -0.39 is 24.0 Å². The summed E-state index contributed by atoms with van der Waals surface area (Å²) in [5.41, 5.74) is 0.589. The Bertz CT molecular complexity index is 935. The van der Waals surface area contributed by atoms with Crippen LogP contribution in [0.3, 0.4) is 0 Å². The molecule has 0 bridgehead atoms. The summed E-state index contributed by atoms with van der Waals surface area (Å²) in [7, 11) is 1.31. The number of carbonyl (C=O) groups excluding carboxylic acids is 2. The van der Waals surface area contributed by atoms with Crippen molar-refractivity contribution in [1.29, 1.82) is 0 Å². The maximum absolute atomic E-state index is 13.1. The van der Waals surface area contributed by atoms with Crippen LogP contribution in [0.15, 0.2) is 42.6 Å². The van der Waals surface area contributed by atoms with Gasteiger partial charge < -0.3 is 19.5 Å². The number of hydrogen-bond acceptors (Lipinski definition) is 6. The molecule has 30 heavy (non-hydrogen) atoms. The fourth-order valence-electron chi connectivity index (χ4n) is 4.34. The number of carbonyl (C=O) groups is 2. The van der Waals surface area contributed by atoms with Gasteiger partial charge in [-0.1, -0.05) is 6.07 Å². The lowest BCUT2D eigenvalue weighted by Crippen LogP contribution is -2.42. The number of fused-ring (bicyclic) bond motifs is 1. The molecule has 1 saturated heterocycles. The zero-order chi connectivity index (χ0) is 21.3. The number of aliphatic hydroxyl groups is 1. The van der Waals surface area contributed by atoms with Gasteiger partial charge in [-0.05, 0) is 55.0 Å². The maximum Gasteiger partial charge on any atom is 0.337 e. The molecule has 1 saturated carbocycles. The van der Waals surface area contributed by atoms with E-state index in [0.717, 1.165) is 6.20 Å². The quantitative estimate of drug-likeness (QED) is 0.773. The van der Waals surface area contributed by atoms with E-state index in [1.807, 2.05) is 0 Å². The van der Waals surface area contributed by atoms with Gasteiger partial charge in [-0.15, -0.1) is 0 Å². The second kappa shape index (κ2) is 8.39. The summed E-state index contributed by atoms with van der Waals surface area (Å²) in [4.78, 5) is 30.0. The van der Waals surface area contributed by atoms with Crippen molar-refractivity contribution in [2.45, 2.75) is 25.0 Å². The van der Waals surface area contributed by atoms with Gasteiger partial charge in [-0.2, -0.15) is 0 Å². The first-order valence-electron chi connectivity index (χ1n) is 9.88. The van der Waals surface area contributed by atoms with Crippen molar-refractivity contribution in [2.75, 3.05) is 20.2 Å². The lowest BCUT2D eigenvalue weighted by atomic mass is 9.78. The van der Waals surface area contributed by atoms with Crippen molar-refractivity contribution >= 4 is 11.9 Å². The van der Waals surface area contributed by atoms with E-state index in [-0.39, 0.29) is 23.4 Å². The standard InChI is InChI=1S/C22H23FN2O5/c1-29-22(28)13-3-2-4-17(7-13)30-20-9-15-12-25(11-14(15)8-19(20)26)21(27)18-6-5-16(23)10-24-18/h2-7,10,14-15,19-20,26H,8-9,11-12H2,1H3/t14-,15+,19+,20+/m0/s1. The molecule has 8 heteroatoms. The normalized spacial score (nSPS) is 25.5. The smallest absolute Gasteiger partial charge is 0.337 e. The molecule has 1 aliphatic carbocycles. The fraction of sp³-hybridized carbons (Fsp3) is 0.409. The number of likely N-dealkylation sites (tertiary alicyclic amines) is 1. The molecule has 1 aromatic carbocycles. The second-order valence-corrected chi connectivity index (χ2v) is 7.81. The minimum absolute atomic E-state index is 0.172. The Kier molecular flexibility index (Phi) is 5.67. The van der Waals surface area contributed by atoms with Crippen LogP contribution < -0.4 is 4.74 Å². The number of rotatable bonds is 4. The van der Waals surface area contributed by atoms with E-state index in [4.69, 9.17) is 9.47 Å². The molecule has 1 aliphatic heterocycles. The molecular formula is C22H23FN2O5. The van der Waals surface area contributed by atoms with Gasteiger partial charge in [0.05, 0.1) is 25.0 Å². The monoisotopic (exact) mass is 414 g/mol. The highest BCUT2D eigenvalue weighted by atomic mass is 19.1. The molecule has 2 aromatic rings. The number of hydrogen-bond donors (Lipinski definition) is 1. The van der Waals surface area contributed by atoms with Crippen molar-refractivity contribution < 1.29 is 28.6 Å². The Labute approximate surface area is 173 Å². The maximum atomic E-state index is 13.1. The number of methoxy groups -OCH3 is 1. The lowest BCUT2D eigenvalue weighted by Gasteiger charge is -2.35. The Morgan fingerprint density at radius 2 is 1.93 bits per heavy atom. The molecule has 4 atom stereocenters. The van der Waals surface area contributed by atoms with E-state index in [1.165, 1.54) is 19.2 Å². The third-order valence-corrected chi connectivity index (χ3v) is 5.86. The Morgan fingerprint density at radius 1 is 1.17 bits per heavy atom. The summed E-state index contributed by atoms with van der Waals surface area (Å²) in [6, 6.07) is 9.26. The molecule has 158 valence electrons. The number of amides is 1. The average molecular weight is 414 g/mol. The summed E-state index contributed by atoms with van der Waals surface area (Å²) in [6.07, 6.45) is 1.04. The highest BCUT2D eigenvalue weighted by molar-refractivity contribution is 5.92. The van der Waals surface area contributed by atoms with Crippen LogP contribution in [0.5, 0.6) is 5.75 Å². The molecular weight excluding hydrogens is 391 g/mol. The number of halogens is 1.